The van der Waals surface area contributed by atoms with E-state index in [1.54, 1.807) is 4.90 Å². The van der Waals surface area contributed by atoms with E-state index in [1.807, 2.05) is 90.5 Å². The average molecular weight is 395 g/mol. The van der Waals surface area contributed by atoms with Gasteiger partial charge in [0.1, 0.15) is 17.4 Å². The molecule has 1 aromatic heterocycles. The molecular weight excluding hydrogens is 374 g/mol. The number of nitrogens with one attached hydrogen (secondary N) is 2. The molecule has 0 spiro atoms. The van der Waals surface area contributed by atoms with Gasteiger partial charge in [-0.25, -0.2) is 4.98 Å². The Labute approximate surface area is 174 Å². The van der Waals surface area contributed by atoms with Gasteiger partial charge in [-0.05, 0) is 48.5 Å². The van der Waals surface area contributed by atoms with Gasteiger partial charge in [0.05, 0.1) is 23.2 Å². The molecule has 6 nitrogen and oxygen atoms in total. The van der Waals surface area contributed by atoms with Gasteiger partial charge in [-0.2, -0.15) is 0 Å². The van der Waals surface area contributed by atoms with Crippen molar-refractivity contribution in [2.45, 2.75) is 0 Å². The number of hydrogen-bond donors (Lipinski definition) is 3. The van der Waals surface area contributed by atoms with Crippen LogP contribution in [-0.2, 0) is 7.05 Å². The van der Waals surface area contributed by atoms with Gasteiger partial charge in [-0.1, -0.05) is 30.3 Å². The van der Waals surface area contributed by atoms with Crippen LogP contribution in [0.5, 0.6) is 0 Å². The third-order valence-electron chi connectivity index (χ3n) is 5.36. The van der Waals surface area contributed by atoms with Crippen LogP contribution in [0.25, 0.3) is 16.6 Å². The molecule has 1 aliphatic heterocycles. The summed E-state index contributed by atoms with van der Waals surface area (Å²) < 4.78 is 1.92. The first kappa shape index (κ1) is 18.0. The van der Waals surface area contributed by atoms with E-state index < -0.39 is 0 Å². The number of imidazole rings is 1. The lowest BCUT2D eigenvalue weighted by Gasteiger charge is -2.19. The standard InChI is InChI=1S/C24H21N5O/c1-28-20-10-6-5-9-19(20)27-24(28)22-21(30)15-29(23(22)25)18-13-11-17(12-14-18)26-16-7-3-2-4-8-16/h2-14,25-26,30H,15H2,1H3. The minimum Gasteiger partial charge on any atom is -0.509 e. The summed E-state index contributed by atoms with van der Waals surface area (Å²) >= 11 is 0. The van der Waals surface area contributed by atoms with E-state index in [0.717, 1.165) is 28.1 Å². The first-order valence-electron chi connectivity index (χ1n) is 9.74. The molecule has 1 aliphatic rings. The summed E-state index contributed by atoms with van der Waals surface area (Å²) in [5, 5.41) is 22.7. The average Bonchev–Trinajstić information content (AvgIpc) is 3.25. The molecule has 148 valence electrons. The molecule has 0 bridgehead atoms. The lowest BCUT2D eigenvalue weighted by atomic mass is 10.2. The topological polar surface area (TPSA) is 77.2 Å². The zero-order valence-corrected chi connectivity index (χ0v) is 16.5. The molecule has 30 heavy (non-hydrogen) atoms. The summed E-state index contributed by atoms with van der Waals surface area (Å²) in [6.07, 6.45) is 0. The molecule has 0 saturated carbocycles. The normalized spacial score (nSPS) is 14.0. The van der Waals surface area contributed by atoms with Crippen LogP contribution in [0.3, 0.4) is 0 Å². The van der Waals surface area contributed by atoms with Gasteiger partial charge in [-0.3, -0.25) is 5.41 Å². The van der Waals surface area contributed by atoms with Gasteiger partial charge in [0, 0.05) is 24.1 Å². The Morgan fingerprint density at radius 2 is 1.57 bits per heavy atom. The molecule has 0 atom stereocenters. The van der Waals surface area contributed by atoms with Crippen molar-refractivity contribution >= 4 is 39.5 Å². The number of fused-ring (bicyclic) bond motifs is 1. The molecule has 0 saturated heterocycles. The molecule has 6 heteroatoms. The molecule has 3 aromatic carbocycles. The maximum absolute atomic E-state index is 10.7. The van der Waals surface area contributed by atoms with Crippen LogP contribution in [0.15, 0.2) is 84.6 Å². The number of aliphatic hydroxyl groups excluding tert-OH is 1. The number of aryl methyl sites for hydroxylation is 1. The van der Waals surface area contributed by atoms with Gasteiger partial charge in [0.15, 0.2) is 0 Å². The van der Waals surface area contributed by atoms with Crippen molar-refractivity contribution in [2.75, 3.05) is 16.8 Å². The minimum atomic E-state index is 0.157. The molecule has 0 unspecified atom stereocenters. The molecular formula is C24H21N5O. The van der Waals surface area contributed by atoms with Gasteiger partial charge < -0.3 is 19.9 Å². The van der Waals surface area contributed by atoms with E-state index in [2.05, 4.69) is 10.3 Å². The molecule has 4 aromatic rings. The van der Waals surface area contributed by atoms with E-state index in [4.69, 9.17) is 5.41 Å². The number of para-hydroxylation sites is 3. The monoisotopic (exact) mass is 395 g/mol. The molecule has 5 rings (SSSR count). The quantitative estimate of drug-likeness (QED) is 0.450. The van der Waals surface area contributed by atoms with Crippen LogP contribution in [-0.4, -0.2) is 27.0 Å². The van der Waals surface area contributed by atoms with Crippen molar-refractivity contribution in [1.29, 1.82) is 5.41 Å². The number of amidine groups is 1. The second-order valence-corrected chi connectivity index (χ2v) is 7.28. The highest BCUT2D eigenvalue weighted by molar-refractivity contribution is 6.30. The lowest BCUT2D eigenvalue weighted by Crippen LogP contribution is -2.26. The van der Waals surface area contributed by atoms with Crippen LogP contribution in [0.2, 0.25) is 0 Å². The van der Waals surface area contributed by atoms with E-state index in [0.29, 0.717) is 11.4 Å². The van der Waals surface area contributed by atoms with Gasteiger partial charge >= 0.3 is 0 Å². The minimum absolute atomic E-state index is 0.157. The molecule has 2 heterocycles. The van der Waals surface area contributed by atoms with Crippen LogP contribution >= 0.6 is 0 Å². The SMILES string of the molecule is Cn1c(C2=C(O)CN(c3ccc(Nc4ccccc4)cc3)C2=N)nc2ccccc21. The zero-order chi connectivity index (χ0) is 20.7. The summed E-state index contributed by atoms with van der Waals surface area (Å²) in [6, 6.07) is 25.6. The zero-order valence-electron chi connectivity index (χ0n) is 16.5. The van der Waals surface area contributed by atoms with Crippen molar-refractivity contribution in [3.8, 4) is 0 Å². The first-order chi connectivity index (χ1) is 14.6. The van der Waals surface area contributed by atoms with Gasteiger partial charge in [0.25, 0.3) is 0 Å². The second-order valence-electron chi connectivity index (χ2n) is 7.28. The largest absolute Gasteiger partial charge is 0.509 e. The fourth-order valence-electron chi connectivity index (χ4n) is 3.82. The Kier molecular flexibility index (Phi) is 4.25. The van der Waals surface area contributed by atoms with Crippen molar-refractivity contribution in [1.82, 2.24) is 9.55 Å². The maximum Gasteiger partial charge on any atom is 0.148 e. The number of hydrogen-bond acceptors (Lipinski definition) is 4. The third-order valence-corrected chi connectivity index (χ3v) is 5.36. The van der Waals surface area contributed by atoms with Gasteiger partial charge in [0.2, 0.25) is 0 Å². The Balaban J connectivity index is 1.41. The fourth-order valence-corrected chi connectivity index (χ4v) is 3.82. The summed E-state index contributed by atoms with van der Waals surface area (Å²) in [7, 11) is 1.91. The predicted molar refractivity (Wildman–Crippen MR) is 122 cm³/mol. The summed E-state index contributed by atoms with van der Waals surface area (Å²) in [5.41, 5.74) is 5.11. The fraction of sp³-hybridized carbons (Fsp3) is 0.0833. The van der Waals surface area contributed by atoms with Crippen molar-refractivity contribution in [3.05, 3.63) is 90.4 Å². The Morgan fingerprint density at radius 3 is 2.30 bits per heavy atom. The summed E-state index contributed by atoms with van der Waals surface area (Å²) in [4.78, 5) is 6.44. The van der Waals surface area contributed by atoms with Crippen molar-refractivity contribution < 1.29 is 5.11 Å². The molecule has 0 aliphatic carbocycles. The van der Waals surface area contributed by atoms with Crippen LogP contribution in [0.1, 0.15) is 5.82 Å². The first-order valence-corrected chi connectivity index (χ1v) is 9.74. The highest BCUT2D eigenvalue weighted by Crippen LogP contribution is 2.32. The van der Waals surface area contributed by atoms with Crippen molar-refractivity contribution in [2.24, 2.45) is 7.05 Å². The molecule has 0 radical (unpaired) electrons. The Bertz CT molecular complexity index is 1270. The van der Waals surface area contributed by atoms with Crippen LogP contribution < -0.4 is 10.2 Å². The van der Waals surface area contributed by atoms with Crippen molar-refractivity contribution in [3.63, 3.8) is 0 Å². The van der Waals surface area contributed by atoms with Crippen LogP contribution in [0, 0.1) is 5.41 Å². The number of aromatic nitrogens is 2. The molecule has 0 amide bonds. The smallest absolute Gasteiger partial charge is 0.148 e. The summed E-state index contributed by atoms with van der Waals surface area (Å²) in [6.45, 7) is 0.253. The van der Waals surface area contributed by atoms with E-state index in [-0.39, 0.29) is 18.1 Å². The number of anilines is 3. The molecule has 0 fully saturated rings. The van der Waals surface area contributed by atoms with Crippen LogP contribution in [0.4, 0.5) is 17.1 Å². The Morgan fingerprint density at radius 1 is 0.900 bits per heavy atom. The predicted octanol–water partition coefficient (Wildman–Crippen LogP) is 5.08. The number of benzene rings is 3. The van der Waals surface area contributed by atoms with E-state index in [9.17, 15) is 5.11 Å². The highest BCUT2D eigenvalue weighted by Gasteiger charge is 2.32. The number of rotatable bonds is 4. The molecule has 3 N–H and O–H groups in total. The van der Waals surface area contributed by atoms with E-state index in [1.165, 1.54) is 0 Å². The lowest BCUT2D eigenvalue weighted by molar-refractivity contribution is 0.411. The Hall–Kier alpha value is -4.06. The second kappa shape index (κ2) is 7.08. The maximum atomic E-state index is 10.7. The third kappa shape index (κ3) is 2.99. The number of aliphatic hydroxyl groups is 1. The van der Waals surface area contributed by atoms with Gasteiger partial charge in [-0.15, -0.1) is 0 Å². The van der Waals surface area contributed by atoms with E-state index >= 15 is 0 Å². The summed E-state index contributed by atoms with van der Waals surface area (Å²) in [5.74, 6) is 1.00. The highest BCUT2D eigenvalue weighted by atomic mass is 16.3. The number of nitrogens with zero attached hydrogens (tertiary/aromatic N) is 3.